The van der Waals surface area contributed by atoms with Crippen LogP contribution < -0.4 is 5.32 Å². The lowest BCUT2D eigenvalue weighted by Gasteiger charge is -2.17. The Bertz CT molecular complexity index is 1400. The predicted molar refractivity (Wildman–Crippen MR) is 126 cm³/mol. The number of rotatable bonds is 3. The molecule has 1 heterocycles. The molecule has 0 saturated carbocycles. The highest BCUT2D eigenvalue weighted by Gasteiger charge is 2.31. The summed E-state index contributed by atoms with van der Waals surface area (Å²) in [6.07, 6.45) is -4.58. The second-order valence-corrected chi connectivity index (χ2v) is 8.50. The van der Waals surface area contributed by atoms with Gasteiger partial charge in [-0.15, -0.1) is 0 Å². The topological polar surface area (TPSA) is 42.0 Å². The van der Waals surface area contributed by atoms with Crippen LogP contribution in [0.2, 0.25) is 15.1 Å². The normalized spacial score (nSPS) is 11.6. The van der Waals surface area contributed by atoms with Gasteiger partial charge >= 0.3 is 6.18 Å². The molecular weight excluding hydrogens is 496 g/mol. The minimum atomic E-state index is -4.58. The van der Waals surface area contributed by atoms with Gasteiger partial charge in [0.25, 0.3) is 5.91 Å². The number of hydrogen-bond donors (Lipinski definition) is 1. The van der Waals surface area contributed by atoms with Crippen LogP contribution in [0, 0.1) is 6.92 Å². The summed E-state index contributed by atoms with van der Waals surface area (Å²) in [7, 11) is 0. The van der Waals surface area contributed by atoms with Crippen molar-refractivity contribution in [2.24, 2.45) is 0 Å². The van der Waals surface area contributed by atoms with Crippen molar-refractivity contribution in [1.29, 1.82) is 0 Å². The van der Waals surface area contributed by atoms with Crippen LogP contribution in [0.5, 0.6) is 0 Å². The smallest absolute Gasteiger partial charge is 0.321 e. The summed E-state index contributed by atoms with van der Waals surface area (Å²) in [6.45, 7) is 1.70. The molecule has 3 nitrogen and oxygen atoms in total. The number of hydrogen-bond acceptors (Lipinski definition) is 2. The summed E-state index contributed by atoms with van der Waals surface area (Å²) in [5.74, 6) is -0.626. The fourth-order valence-corrected chi connectivity index (χ4v) is 4.19. The Morgan fingerprint density at radius 3 is 2.36 bits per heavy atom. The van der Waals surface area contributed by atoms with E-state index < -0.39 is 17.6 Å². The van der Waals surface area contributed by atoms with E-state index >= 15 is 0 Å². The number of carbonyl (C=O) groups is 1. The minimum Gasteiger partial charge on any atom is -0.321 e. The Hall–Kier alpha value is -2.80. The van der Waals surface area contributed by atoms with Crippen LogP contribution in [0.15, 0.2) is 60.7 Å². The molecule has 0 aliphatic heterocycles. The first-order valence-corrected chi connectivity index (χ1v) is 10.7. The van der Waals surface area contributed by atoms with Crippen LogP contribution in [0.25, 0.3) is 22.2 Å². The summed E-state index contributed by atoms with van der Waals surface area (Å²) in [4.78, 5) is 18.0. The van der Waals surface area contributed by atoms with Crippen molar-refractivity contribution in [3.05, 3.63) is 92.4 Å². The van der Waals surface area contributed by atoms with Crippen molar-refractivity contribution >= 4 is 57.3 Å². The molecule has 1 aromatic heterocycles. The van der Waals surface area contributed by atoms with E-state index in [0.717, 1.165) is 18.2 Å². The molecule has 33 heavy (non-hydrogen) atoms. The largest absolute Gasteiger partial charge is 0.416 e. The molecule has 168 valence electrons. The zero-order valence-corrected chi connectivity index (χ0v) is 19.2. The molecule has 1 amide bonds. The van der Waals surface area contributed by atoms with Gasteiger partial charge in [-0.25, -0.2) is 4.98 Å². The summed E-state index contributed by atoms with van der Waals surface area (Å²) in [5, 5.41) is 3.83. The van der Waals surface area contributed by atoms with Gasteiger partial charge in [0, 0.05) is 16.0 Å². The number of anilines is 1. The van der Waals surface area contributed by atoms with Gasteiger partial charge in [0.15, 0.2) is 0 Å². The van der Waals surface area contributed by atoms with Crippen molar-refractivity contribution < 1.29 is 18.0 Å². The summed E-state index contributed by atoms with van der Waals surface area (Å²) in [6, 6.07) is 14.6. The molecule has 0 bridgehead atoms. The van der Waals surface area contributed by atoms with E-state index in [2.05, 4.69) is 10.3 Å². The highest BCUT2D eigenvalue weighted by molar-refractivity contribution is 6.36. The maximum absolute atomic E-state index is 13.4. The second-order valence-electron chi connectivity index (χ2n) is 7.25. The average molecular weight is 510 g/mol. The molecule has 1 N–H and O–H groups in total. The highest BCUT2D eigenvalue weighted by atomic mass is 35.5. The summed E-state index contributed by atoms with van der Waals surface area (Å²) >= 11 is 18.5. The number of alkyl halides is 3. The molecule has 4 aromatic rings. The predicted octanol–water partition coefficient (Wildman–Crippen LogP) is 8.44. The number of amides is 1. The van der Waals surface area contributed by atoms with Crippen LogP contribution in [0.4, 0.5) is 18.9 Å². The van der Waals surface area contributed by atoms with Crippen LogP contribution in [-0.4, -0.2) is 10.9 Å². The van der Waals surface area contributed by atoms with Crippen LogP contribution in [0.1, 0.15) is 21.5 Å². The Morgan fingerprint density at radius 2 is 1.67 bits per heavy atom. The van der Waals surface area contributed by atoms with E-state index in [1.54, 1.807) is 49.4 Å². The van der Waals surface area contributed by atoms with Crippen LogP contribution in [0.3, 0.4) is 0 Å². The number of carbonyl (C=O) groups excluding carboxylic acids is 1. The number of nitrogens with one attached hydrogen (secondary N) is 1. The summed E-state index contributed by atoms with van der Waals surface area (Å²) < 4.78 is 39.5. The number of fused-ring (bicyclic) bond motifs is 1. The third kappa shape index (κ3) is 4.64. The van der Waals surface area contributed by atoms with Crippen molar-refractivity contribution in [2.45, 2.75) is 13.1 Å². The van der Waals surface area contributed by atoms with Gasteiger partial charge in [0.2, 0.25) is 0 Å². The van der Waals surface area contributed by atoms with Gasteiger partial charge in [-0.1, -0.05) is 53.0 Å². The van der Waals surface area contributed by atoms with Crippen molar-refractivity contribution in [3.63, 3.8) is 0 Å². The molecule has 9 heteroatoms. The lowest BCUT2D eigenvalue weighted by molar-refractivity contribution is -0.137. The zero-order chi connectivity index (χ0) is 23.9. The van der Waals surface area contributed by atoms with E-state index in [-0.39, 0.29) is 16.3 Å². The van der Waals surface area contributed by atoms with Crippen LogP contribution >= 0.6 is 34.8 Å². The summed E-state index contributed by atoms with van der Waals surface area (Å²) in [5.41, 5.74) is 1.21. The molecule has 3 aromatic carbocycles. The number of pyridine rings is 1. The number of aromatic nitrogens is 1. The lowest BCUT2D eigenvalue weighted by atomic mass is 9.97. The number of benzene rings is 3. The first kappa shape index (κ1) is 23.4. The SMILES string of the molecule is Cc1c(-c2ccc(Cl)cc2Cl)nc2ccccc2c1C(=O)Nc1cc(C(F)(F)F)ccc1Cl. The number of para-hydroxylation sites is 1. The fraction of sp³-hybridized carbons (Fsp3) is 0.0833. The molecule has 0 spiro atoms. The Kier molecular flexibility index (Phi) is 6.27. The zero-order valence-electron chi connectivity index (χ0n) is 16.9. The van der Waals surface area contributed by atoms with E-state index in [1.807, 2.05) is 0 Å². The molecular formula is C24H14Cl3F3N2O. The van der Waals surface area contributed by atoms with Crippen molar-refractivity contribution in [3.8, 4) is 11.3 Å². The fourth-order valence-electron chi connectivity index (χ4n) is 3.53. The third-order valence-electron chi connectivity index (χ3n) is 5.09. The van der Waals surface area contributed by atoms with E-state index in [4.69, 9.17) is 34.8 Å². The maximum Gasteiger partial charge on any atom is 0.416 e. The quantitative estimate of drug-likeness (QED) is 0.301. The molecule has 0 saturated heterocycles. The molecule has 4 rings (SSSR count). The van der Waals surface area contributed by atoms with Gasteiger partial charge in [0.1, 0.15) is 0 Å². The van der Waals surface area contributed by atoms with Crippen LogP contribution in [-0.2, 0) is 6.18 Å². The number of halogens is 6. The Labute approximate surface area is 202 Å². The standard InChI is InChI=1S/C24H14Cl3F3N2O/c1-12-21(23(33)32-20-10-13(24(28,29)30)6-9-17(20)26)16-4-2-3-5-19(16)31-22(12)15-8-7-14(25)11-18(15)27/h2-11H,1H3,(H,32,33). The minimum absolute atomic E-state index is 0.0201. The Morgan fingerprint density at radius 1 is 0.939 bits per heavy atom. The molecule has 0 atom stereocenters. The second kappa shape index (κ2) is 8.86. The first-order chi connectivity index (χ1) is 15.6. The lowest BCUT2D eigenvalue weighted by Crippen LogP contribution is -2.16. The molecule has 0 aliphatic carbocycles. The third-order valence-corrected chi connectivity index (χ3v) is 5.97. The van der Waals surface area contributed by atoms with Gasteiger partial charge in [-0.3, -0.25) is 4.79 Å². The van der Waals surface area contributed by atoms with Gasteiger partial charge in [-0.05, 0) is 55.0 Å². The van der Waals surface area contributed by atoms with Gasteiger partial charge < -0.3 is 5.32 Å². The highest BCUT2D eigenvalue weighted by Crippen LogP contribution is 2.37. The van der Waals surface area contributed by atoms with E-state index in [9.17, 15) is 18.0 Å². The van der Waals surface area contributed by atoms with Crippen molar-refractivity contribution in [2.75, 3.05) is 5.32 Å². The molecule has 0 fully saturated rings. The van der Waals surface area contributed by atoms with Gasteiger partial charge in [0.05, 0.1) is 38.1 Å². The van der Waals surface area contributed by atoms with E-state index in [0.29, 0.717) is 37.8 Å². The van der Waals surface area contributed by atoms with Crippen molar-refractivity contribution in [1.82, 2.24) is 4.98 Å². The van der Waals surface area contributed by atoms with Gasteiger partial charge in [-0.2, -0.15) is 13.2 Å². The first-order valence-electron chi connectivity index (χ1n) is 9.59. The Balaban J connectivity index is 1.87. The monoisotopic (exact) mass is 508 g/mol. The molecule has 0 radical (unpaired) electrons. The average Bonchev–Trinajstić information content (AvgIpc) is 2.74. The molecule has 0 unspecified atom stereocenters. The molecule has 0 aliphatic rings. The number of nitrogens with zero attached hydrogens (tertiary/aromatic N) is 1. The van der Waals surface area contributed by atoms with E-state index in [1.165, 1.54) is 0 Å². The maximum atomic E-state index is 13.4.